The highest BCUT2D eigenvalue weighted by molar-refractivity contribution is 6.31. The van der Waals surface area contributed by atoms with E-state index < -0.39 is 17.3 Å². The van der Waals surface area contributed by atoms with Gasteiger partial charge in [-0.15, -0.1) is 0 Å². The maximum Gasteiger partial charge on any atom is 0.421 e. The molecule has 2 aliphatic rings. The average Bonchev–Trinajstić information content (AvgIpc) is 2.93. The van der Waals surface area contributed by atoms with Gasteiger partial charge in [-0.2, -0.15) is 13.2 Å². The van der Waals surface area contributed by atoms with Crippen LogP contribution in [0.4, 0.5) is 13.2 Å². The van der Waals surface area contributed by atoms with E-state index in [1.54, 1.807) is 0 Å². The number of alkyl halides is 3. The minimum Gasteiger partial charge on any atom is -0.487 e. The molecular weight excluding hydrogens is 303 g/mol. The largest absolute Gasteiger partial charge is 0.487 e. The van der Waals surface area contributed by atoms with Crippen molar-refractivity contribution in [1.82, 2.24) is 5.32 Å². The first-order valence-electron chi connectivity index (χ1n) is 7.15. The summed E-state index contributed by atoms with van der Waals surface area (Å²) in [5, 5.41) is 2.97. The van der Waals surface area contributed by atoms with Gasteiger partial charge < -0.3 is 10.1 Å². The van der Waals surface area contributed by atoms with E-state index in [1.165, 1.54) is 18.2 Å². The molecule has 2 fully saturated rings. The third-order valence-corrected chi connectivity index (χ3v) is 4.53. The molecule has 1 heterocycles. The van der Waals surface area contributed by atoms with Crippen molar-refractivity contribution in [2.75, 3.05) is 13.1 Å². The Bertz CT molecular complexity index is 522. The lowest BCUT2D eigenvalue weighted by Gasteiger charge is -2.24. The van der Waals surface area contributed by atoms with Crippen LogP contribution in [0.25, 0.3) is 0 Å². The Balaban J connectivity index is 1.80. The first kappa shape index (κ1) is 15.0. The minimum absolute atomic E-state index is 0.140. The first-order valence-corrected chi connectivity index (χ1v) is 7.53. The molecule has 1 aliphatic carbocycles. The second-order valence-corrected chi connectivity index (χ2v) is 6.37. The van der Waals surface area contributed by atoms with Gasteiger partial charge in [0.15, 0.2) is 0 Å². The van der Waals surface area contributed by atoms with Crippen LogP contribution in [0.15, 0.2) is 18.2 Å². The molecule has 0 aromatic heterocycles. The predicted octanol–water partition coefficient (Wildman–Crippen LogP) is 4.27. The van der Waals surface area contributed by atoms with Gasteiger partial charge in [0.05, 0.1) is 5.02 Å². The van der Waals surface area contributed by atoms with Crippen molar-refractivity contribution < 1.29 is 17.9 Å². The summed E-state index contributed by atoms with van der Waals surface area (Å²) in [6.07, 6.45) is -1.00. The van der Waals surface area contributed by atoms with Crippen LogP contribution in [0.5, 0.6) is 5.75 Å². The Labute approximate surface area is 126 Å². The number of halogens is 4. The smallest absolute Gasteiger partial charge is 0.421 e. The van der Waals surface area contributed by atoms with Gasteiger partial charge in [0, 0.05) is 0 Å². The van der Waals surface area contributed by atoms with Crippen LogP contribution >= 0.6 is 11.6 Å². The zero-order valence-electron chi connectivity index (χ0n) is 11.5. The number of rotatable bonds is 4. The van der Waals surface area contributed by atoms with Gasteiger partial charge in [-0.25, -0.2) is 0 Å². The third-order valence-electron chi connectivity index (χ3n) is 4.22. The van der Waals surface area contributed by atoms with Crippen LogP contribution in [0, 0.1) is 5.92 Å². The van der Waals surface area contributed by atoms with Crippen LogP contribution in [-0.4, -0.2) is 18.7 Å². The molecule has 1 unspecified atom stereocenters. The van der Waals surface area contributed by atoms with Gasteiger partial charge >= 0.3 is 6.18 Å². The molecule has 1 aromatic carbocycles. The van der Waals surface area contributed by atoms with E-state index in [0.717, 1.165) is 38.8 Å². The summed E-state index contributed by atoms with van der Waals surface area (Å²) < 4.78 is 45.2. The van der Waals surface area contributed by atoms with Crippen LogP contribution in [0.1, 0.15) is 31.2 Å². The summed E-state index contributed by atoms with van der Waals surface area (Å²) in [4.78, 5) is 0. The van der Waals surface area contributed by atoms with Gasteiger partial charge in [-0.1, -0.05) is 17.7 Å². The van der Waals surface area contributed by atoms with Crippen molar-refractivity contribution in [3.8, 4) is 5.75 Å². The summed E-state index contributed by atoms with van der Waals surface area (Å²) >= 11 is 5.72. The molecule has 0 radical (unpaired) electrons. The van der Waals surface area contributed by atoms with E-state index in [4.69, 9.17) is 16.3 Å². The topological polar surface area (TPSA) is 21.3 Å². The van der Waals surface area contributed by atoms with Crippen molar-refractivity contribution in [1.29, 1.82) is 0 Å². The second-order valence-electron chi connectivity index (χ2n) is 5.96. The van der Waals surface area contributed by atoms with Gasteiger partial charge in [0.2, 0.25) is 0 Å². The fourth-order valence-corrected chi connectivity index (χ4v) is 3.27. The Morgan fingerprint density at radius 2 is 2.10 bits per heavy atom. The maximum absolute atomic E-state index is 13.1. The van der Waals surface area contributed by atoms with Crippen LogP contribution in [-0.2, 0) is 6.18 Å². The molecule has 116 valence electrons. The van der Waals surface area contributed by atoms with Crippen LogP contribution < -0.4 is 10.1 Å². The Hall–Kier alpha value is -0.940. The van der Waals surface area contributed by atoms with Crippen molar-refractivity contribution in [3.63, 3.8) is 0 Å². The zero-order valence-corrected chi connectivity index (χ0v) is 12.2. The Morgan fingerprint density at radius 3 is 2.67 bits per heavy atom. The fraction of sp³-hybridized carbons (Fsp3) is 0.600. The number of hydrogen-bond acceptors (Lipinski definition) is 2. The summed E-state index contributed by atoms with van der Waals surface area (Å²) in [6, 6.07) is 4.11. The number of hydrogen-bond donors (Lipinski definition) is 1. The monoisotopic (exact) mass is 319 g/mol. The lowest BCUT2D eigenvalue weighted by atomic mass is 9.99. The number of ether oxygens (including phenoxy) is 1. The lowest BCUT2D eigenvalue weighted by molar-refractivity contribution is -0.139. The van der Waals surface area contributed by atoms with Gasteiger partial charge in [0.1, 0.15) is 16.9 Å². The predicted molar refractivity (Wildman–Crippen MR) is 74.6 cm³/mol. The van der Waals surface area contributed by atoms with Crippen LogP contribution in [0.2, 0.25) is 5.02 Å². The Kier molecular flexibility index (Phi) is 3.82. The molecule has 0 bridgehead atoms. The molecule has 0 spiro atoms. The van der Waals surface area contributed by atoms with E-state index in [2.05, 4.69) is 5.32 Å². The molecule has 1 saturated heterocycles. The van der Waals surface area contributed by atoms with Crippen molar-refractivity contribution in [2.24, 2.45) is 5.92 Å². The summed E-state index contributed by atoms with van der Waals surface area (Å²) in [5.41, 5.74) is -1.29. The SMILES string of the molecule is FC(F)(F)c1c(Cl)cccc1OC1(CC2CCNC2)CC1. The van der Waals surface area contributed by atoms with E-state index in [0.29, 0.717) is 5.92 Å². The normalized spacial score (nSPS) is 24.1. The highest BCUT2D eigenvalue weighted by atomic mass is 35.5. The fourth-order valence-electron chi connectivity index (χ4n) is 3.00. The van der Waals surface area contributed by atoms with Gasteiger partial charge in [-0.05, 0) is 56.8 Å². The maximum atomic E-state index is 13.1. The molecule has 21 heavy (non-hydrogen) atoms. The van der Waals surface area contributed by atoms with Crippen molar-refractivity contribution in [3.05, 3.63) is 28.8 Å². The van der Waals surface area contributed by atoms with E-state index >= 15 is 0 Å². The number of nitrogens with one attached hydrogen (secondary N) is 1. The second kappa shape index (κ2) is 5.36. The standard InChI is InChI=1S/C15H17ClF3NO/c16-11-2-1-3-12(13(11)15(17,18)19)21-14(5-6-14)8-10-4-7-20-9-10/h1-3,10,20H,4-9H2. The molecule has 2 nitrogen and oxygen atoms in total. The van der Waals surface area contributed by atoms with Crippen molar-refractivity contribution >= 4 is 11.6 Å². The zero-order chi connectivity index (χ0) is 15.1. The lowest BCUT2D eigenvalue weighted by Crippen LogP contribution is -2.25. The molecule has 1 atom stereocenters. The van der Waals surface area contributed by atoms with Crippen LogP contribution in [0.3, 0.4) is 0 Å². The quantitative estimate of drug-likeness (QED) is 0.895. The van der Waals surface area contributed by atoms with Gasteiger partial charge in [0.25, 0.3) is 0 Å². The highest BCUT2D eigenvalue weighted by Crippen LogP contribution is 2.49. The van der Waals surface area contributed by atoms with E-state index in [9.17, 15) is 13.2 Å². The molecule has 1 N–H and O–H groups in total. The molecule has 6 heteroatoms. The van der Waals surface area contributed by atoms with E-state index in [-0.39, 0.29) is 10.8 Å². The molecule has 1 aromatic rings. The van der Waals surface area contributed by atoms with Gasteiger partial charge in [-0.3, -0.25) is 0 Å². The van der Waals surface area contributed by atoms with Crippen molar-refractivity contribution in [2.45, 2.75) is 37.5 Å². The average molecular weight is 320 g/mol. The Morgan fingerprint density at radius 1 is 1.33 bits per heavy atom. The minimum atomic E-state index is -4.50. The summed E-state index contributed by atoms with van der Waals surface area (Å²) in [5.74, 6) is 0.347. The summed E-state index contributed by atoms with van der Waals surface area (Å²) in [6.45, 7) is 1.90. The number of benzene rings is 1. The molecule has 1 aliphatic heterocycles. The first-order chi connectivity index (χ1) is 9.90. The molecule has 1 saturated carbocycles. The summed E-state index contributed by atoms with van der Waals surface area (Å²) in [7, 11) is 0. The molecule has 0 amide bonds. The third kappa shape index (κ3) is 3.29. The highest BCUT2D eigenvalue weighted by Gasteiger charge is 2.49. The molecular formula is C15H17ClF3NO. The van der Waals surface area contributed by atoms with E-state index in [1.807, 2.05) is 0 Å². The molecule has 3 rings (SSSR count).